The summed E-state index contributed by atoms with van der Waals surface area (Å²) in [6, 6.07) is 6.32. The van der Waals surface area contributed by atoms with Gasteiger partial charge in [-0.15, -0.1) is 0 Å². The van der Waals surface area contributed by atoms with E-state index in [4.69, 9.17) is 34.7 Å². The number of nitrogen functional groups attached to an aromatic ring is 1. The second kappa shape index (κ2) is 10.4. The van der Waals surface area contributed by atoms with Crippen molar-refractivity contribution in [3.05, 3.63) is 46.5 Å². The van der Waals surface area contributed by atoms with Crippen LogP contribution in [0.5, 0.6) is 5.88 Å². The summed E-state index contributed by atoms with van der Waals surface area (Å²) in [5, 5.41) is 18.4. The number of likely N-dealkylation sites (tertiary alicyclic amines) is 1. The second-order valence-corrected chi connectivity index (χ2v) is 14.2. The normalized spacial score (nSPS) is 28.4. The topological polar surface area (TPSA) is 153 Å². The summed E-state index contributed by atoms with van der Waals surface area (Å²) in [7, 11) is 1.93. The van der Waals surface area contributed by atoms with Crippen molar-refractivity contribution in [3.63, 3.8) is 0 Å². The molecule has 3 N–H and O–H groups in total. The second-order valence-electron chi connectivity index (χ2n) is 14.2. The van der Waals surface area contributed by atoms with E-state index in [0.29, 0.717) is 66.0 Å². The van der Waals surface area contributed by atoms with Crippen molar-refractivity contribution in [1.29, 1.82) is 5.26 Å². The maximum Gasteiger partial charge on any atom is 0.246 e. The number of benzene rings is 1. The highest BCUT2D eigenvalue weighted by Crippen LogP contribution is 2.53. The van der Waals surface area contributed by atoms with Crippen molar-refractivity contribution in [2.45, 2.75) is 87.2 Å². The summed E-state index contributed by atoms with van der Waals surface area (Å²) in [5.41, 5.74) is 11.7. The summed E-state index contributed by atoms with van der Waals surface area (Å²) < 4.78 is 34.9. The van der Waals surface area contributed by atoms with Gasteiger partial charge in [-0.2, -0.15) is 10.2 Å². The monoisotopic (exact) mass is 639 g/mol. The largest absolute Gasteiger partial charge is 0.471 e. The fraction of sp³-hybridized carbons (Fsp3) is 0.559. The SMILES string of the molecule is C[C@H](Oc1nc(-c2noc3c2CCC[C@@]32CCCc3ccc(N)c(C#N)c32)nc2c1ncn2[C@@H]1CNC12COC2)[C@@H]1C[C@@H](F)CN1C. The Labute approximate surface area is 271 Å². The zero-order valence-electron chi connectivity index (χ0n) is 26.6. The van der Waals surface area contributed by atoms with Gasteiger partial charge in [0.05, 0.1) is 42.1 Å². The molecule has 9 rings (SSSR count). The summed E-state index contributed by atoms with van der Waals surface area (Å²) >= 11 is 0. The molecule has 2 aliphatic carbocycles. The number of halogens is 1. The van der Waals surface area contributed by atoms with Crippen LogP contribution in [-0.4, -0.2) is 86.8 Å². The quantitative estimate of drug-likeness (QED) is 0.308. The van der Waals surface area contributed by atoms with E-state index < -0.39 is 11.6 Å². The molecule has 12 nitrogen and oxygen atoms in total. The molecule has 3 aliphatic heterocycles. The number of nitrogens with one attached hydrogen (secondary N) is 1. The number of imidazole rings is 1. The van der Waals surface area contributed by atoms with Crippen LogP contribution in [0.1, 0.15) is 73.1 Å². The van der Waals surface area contributed by atoms with E-state index in [0.717, 1.165) is 67.5 Å². The molecule has 6 heterocycles. The van der Waals surface area contributed by atoms with Crippen molar-refractivity contribution in [1.82, 2.24) is 34.9 Å². The molecule has 3 fully saturated rings. The number of alkyl halides is 1. The highest BCUT2D eigenvalue weighted by molar-refractivity contribution is 5.79. The van der Waals surface area contributed by atoms with Gasteiger partial charge in [0.15, 0.2) is 28.4 Å². The zero-order chi connectivity index (χ0) is 32.1. The smallest absolute Gasteiger partial charge is 0.246 e. The predicted molar refractivity (Wildman–Crippen MR) is 170 cm³/mol. The molecular weight excluding hydrogens is 601 g/mol. The number of likely N-dealkylation sites (N-methyl/N-ethyl adjacent to an activating group) is 1. The van der Waals surface area contributed by atoms with Gasteiger partial charge in [0.25, 0.3) is 0 Å². The molecule has 13 heteroatoms. The van der Waals surface area contributed by atoms with Crippen LogP contribution in [0.25, 0.3) is 22.7 Å². The summed E-state index contributed by atoms with van der Waals surface area (Å²) in [6.07, 6.45) is 6.21. The van der Waals surface area contributed by atoms with Crippen molar-refractivity contribution in [2.75, 3.05) is 39.1 Å². The Kier molecular flexibility index (Phi) is 6.45. The Morgan fingerprint density at radius 1 is 1.21 bits per heavy atom. The van der Waals surface area contributed by atoms with E-state index in [-0.39, 0.29) is 23.7 Å². The Hall–Kier alpha value is -4.12. The predicted octanol–water partition coefficient (Wildman–Crippen LogP) is 3.62. The van der Waals surface area contributed by atoms with Crippen LogP contribution in [0.15, 0.2) is 23.0 Å². The fourth-order valence-corrected chi connectivity index (χ4v) is 9.03. The van der Waals surface area contributed by atoms with E-state index in [2.05, 4.69) is 27.2 Å². The molecule has 0 radical (unpaired) electrons. The lowest BCUT2D eigenvalue weighted by atomic mass is 9.61. The molecular formula is C34H38FN9O3. The van der Waals surface area contributed by atoms with Crippen LogP contribution >= 0.6 is 0 Å². The average Bonchev–Trinajstić information content (AvgIpc) is 3.73. The van der Waals surface area contributed by atoms with E-state index >= 15 is 0 Å². The standard InChI is InChI=1S/C34H38FN9O3/c1-18(24-11-20(35)14-43(24)2)46-32-28-31(44(17-38-28)25-13-39-34(25)15-45-16-34)40-30(41-32)27-21-6-4-10-33(29(21)47-42-27)9-3-5-19-7-8-23(37)22(12-36)26(19)33/h7-8,17-18,20,24-25,39H,3-6,9-11,13-16,37H2,1-2H3/t18-,20+,24-,25+,33+/m0/s1. The zero-order valence-corrected chi connectivity index (χ0v) is 26.6. The van der Waals surface area contributed by atoms with Crippen LogP contribution in [0.2, 0.25) is 0 Å². The van der Waals surface area contributed by atoms with Gasteiger partial charge in [-0.3, -0.25) is 4.90 Å². The van der Waals surface area contributed by atoms with Crippen LogP contribution in [-0.2, 0) is 23.0 Å². The molecule has 5 atom stereocenters. The molecule has 3 saturated heterocycles. The molecule has 5 aliphatic rings. The third kappa shape index (κ3) is 4.14. The minimum absolute atomic E-state index is 0.0976. The number of fused-ring (bicyclic) bond motifs is 5. The average molecular weight is 640 g/mol. The molecule has 0 bridgehead atoms. The van der Waals surface area contributed by atoms with Crippen molar-refractivity contribution < 1.29 is 18.4 Å². The van der Waals surface area contributed by atoms with Crippen molar-refractivity contribution in [3.8, 4) is 23.5 Å². The van der Waals surface area contributed by atoms with Crippen LogP contribution in [0.3, 0.4) is 0 Å². The number of nitrogens with two attached hydrogens (primary N) is 1. The molecule has 4 aromatic rings. The number of aromatic nitrogens is 5. The number of hydrogen-bond donors (Lipinski definition) is 2. The van der Waals surface area contributed by atoms with Gasteiger partial charge in [-0.05, 0) is 76.1 Å². The molecule has 1 aromatic carbocycles. The first-order valence-corrected chi connectivity index (χ1v) is 16.7. The fourth-order valence-electron chi connectivity index (χ4n) is 9.03. The van der Waals surface area contributed by atoms with E-state index in [9.17, 15) is 9.65 Å². The molecule has 244 valence electrons. The van der Waals surface area contributed by atoms with E-state index in [1.54, 1.807) is 0 Å². The number of nitrogens with zero attached hydrogens (tertiary/aromatic N) is 7. The van der Waals surface area contributed by atoms with Gasteiger partial charge in [-0.1, -0.05) is 11.2 Å². The number of aryl methyl sites for hydroxylation is 1. The molecule has 47 heavy (non-hydrogen) atoms. The Morgan fingerprint density at radius 2 is 2.04 bits per heavy atom. The molecule has 2 spiro atoms. The number of rotatable bonds is 5. The lowest BCUT2D eigenvalue weighted by Gasteiger charge is -2.55. The lowest BCUT2D eigenvalue weighted by Crippen LogP contribution is -2.75. The summed E-state index contributed by atoms with van der Waals surface area (Å²) in [5.74, 6) is 1.54. The Balaban J connectivity index is 1.18. The Morgan fingerprint density at radius 3 is 2.74 bits per heavy atom. The molecule has 0 amide bonds. The first kappa shape index (κ1) is 29.1. The molecule has 0 saturated carbocycles. The number of ether oxygens (including phenoxy) is 2. The summed E-state index contributed by atoms with van der Waals surface area (Å²) in [6.45, 7) is 4.37. The number of nitriles is 1. The maximum atomic E-state index is 14.4. The van der Waals surface area contributed by atoms with E-state index in [1.165, 1.54) is 0 Å². The van der Waals surface area contributed by atoms with Gasteiger partial charge in [0, 0.05) is 30.4 Å². The highest BCUT2D eigenvalue weighted by atomic mass is 19.1. The minimum atomic E-state index is -0.890. The van der Waals surface area contributed by atoms with Crippen LogP contribution in [0, 0.1) is 11.3 Å². The van der Waals surface area contributed by atoms with Crippen LogP contribution in [0.4, 0.5) is 10.1 Å². The third-order valence-corrected chi connectivity index (χ3v) is 11.5. The molecule has 3 aromatic heterocycles. The molecule has 0 unspecified atom stereocenters. The third-order valence-electron chi connectivity index (χ3n) is 11.5. The van der Waals surface area contributed by atoms with Gasteiger partial charge < -0.3 is 29.6 Å². The van der Waals surface area contributed by atoms with Gasteiger partial charge in [0.1, 0.15) is 18.3 Å². The lowest BCUT2D eigenvalue weighted by molar-refractivity contribution is -0.136. The highest BCUT2D eigenvalue weighted by Gasteiger charge is 2.54. The van der Waals surface area contributed by atoms with Gasteiger partial charge in [0.2, 0.25) is 5.88 Å². The van der Waals surface area contributed by atoms with Gasteiger partial charge >= 0.3 is 0 Å². The van der Waals surface area contributed by atoms with Crippen molar-refractivity contribution >= 4 is 16.9 Å². The minimum Gasteiger partial charge on any atom is -0.471 e. The van der Waals surface area contributed by atoms with Crippen LogP contribution < -0.4 is 15.8 Å². The Bertz CT molecular complexity index is 1940. The van der Waals surface area contributed by atoms with Crippen molar-refractivity contribution in [2.24, 2.45) is 0 Å². The maximum absolute atomic E-state index is 14.4. The summed E-state index contributed by atoms with van der Waals surface area (Å²) in [4.78, 5) is 16.8. The van der Waals surface area contributed by atoms with Gasteiger partial charge in [-0.25, -0.2) is 14.4 Å². The number of hydrogen-bond acceptors (Lipinski definition) is 11. The number of anilines is 1. The van der Waals surface area contributed by atoms with E-state index in [1.807, 2.05) is 31.3 Å². The first-order chi connectivity index (χ1) is 22.8. The first-order valence-electron chi connectivity index (χ1n) is 16.7.